The van der Waals surface area contributed by atoms with Crippen molar-refractivity contribution in [2.75, 3.05) is 5.32 Å². The largest absolute Gasteiger partial charge is 0.324 e. The van der Waals surface area contributed by atoms with Crippen molar-refractivity contribution in [3.05, 3.63) is 58.9 Å². The van der Waals surface area contributed by atoms with Gasteiger partial charge in [0.15, 0.2) is 5.78 Å². The van der Waals surface area contributed by atoms with Crippen molar-refractivity contribution in [1.29, 1.82) is 0 Å². The molecule has 0 fully saturated rings. The third-order valence-electron chi connectivity index (χ3n) is 3.11. The molecule has 5 heteroatoms. The summed E-state index contributed by atoms with van der Waals surface area (Å²) < 4.78 is 0. The summed E-state index contributed by atoms with van der Waals surface area (Å²) in [7, 11) is 0. The summed E-state index contributed by atoms with van der Waals surface area (Å²) in [5.74, 6) is -0.439. The van der Waals surface area contributed by atoms with Crippen molar-refractivity contribution in [2.45, 2.75) is 20.8 Å². The van der Waals surface area contributed by atoms with Crippen LogP contribution in [-0.4, -0.2) is 16.7 Å². The fourth-order valence-electron chi connectivity index (χ4n) is 1.79. The van der Waals surface area contributed by atoms with E-state index in [1.807, 2.05) is 0 Å². The number of ketones is 1. The van der Waals surface area contributed by atoms with E-state index < -0.39 is 5.41 Å². The van der Waals surface area contributed by atoms with E-state index in [0.29, 0.717) is 21.8 Å². The SMILES string of the molecule is CC(C)(C)C(=O)Nc1cnccc1C(=O)c1ccccc1Cl. The molecule has 0 aliphatic rings. The highest BCUT2D eigenvalue weighted by Gasteiger charge is 2.24. The Kier molecular flexibility index (Phi) is 4.62. The van der Waals surface area contributed by atoms with Crippen LogP contribution in [0.15, 0.2) is 42.7 Å². The number of hydrogen-bond donors (Lipinski definition) is 1. The summed E-state index contributed by atoms with van der Waals surface area (Å²) in [6.45, 7) is 5.40. The number of benzene rings is 1. The van der Waals surface area contributed by atoms with E-state index in [1.165, 1.54) is 12.4 Å². The lowest BCUT2D eigenvalue weighted by Crippen LogP contribution is -2.28. The first kappa shape index (κ1) is 16.2. The van der Waals surface area contributed by atoms with Crippen LogP contribution in [-0.2, 0) is 4.79 Å². The number of carbonyl (C=O) groups excluding carboxylic acids is 2. The molecule has 0 unspecified atom stereocenters. The first-order chi connectivity index (χ1) is 10.3. The number of rotatable bonds is 3. The number of pyridine rings is 1. The molecule has 22 heavy (non-hydrogen) atoms. The first-order valence-corrected chi connectivity index (χ1v) is 7.23. The number of aromatic nitrogens is 1. The minimum absolute atomic E-state index is 0.186. The highest BCUT2D eigenvalue weighted by Crippen LogP contribution is 2.24. The number of halogens is 1. The number of carbonyl (C=O) groups is 2. The molecule has 0 spiro atoms. The zero-order valence-corrected chi connectivity index (χ0v) is 13.4. The monoisotopic (exact) mass is 316 g/mol. The van der Waals surface area contributed by atoms with Gasteiger partial charge in [0.05, 0.1) is 16.9 Å². The first-order valence-electron chi connectivity index (χ1n) is 6.85. The molecule has 114 valence electrons. The van der Waals surface area contributed by atoms with Crippen LogP contribution in [0.2, 0.25) is 5.02 Å². The van der Waals surface area contributed by atoms with Crippen LogP contribution in [0.4, 0.5) is 5.69 Å². The fourth-order valence-corrected chi connectivity index (χ4v) is 2.01. The number of hydrogen-bond acceptors (Lipinski definition) is 3. The summed E-state index contributed by atoms with van der Waals surface area (Å²) >= 11 is 6.08. The Hall–Kier alpha value is -2.20. The average Bonchev–Trinajstić information content (AvgIpc) is 2.46. The van der Waals surface area contributed by atoms with E-state index in [0.717, 1.165) is 0 Å². The number of nitrogens with one attached hydrogen (secondary N) is 1. The summed E-state index contributed by atoms with van der Waals surface area (Å²) in [4.78, 5) is 28.8. The minimum atomic E-state index is -0.569. The van der Waals surface area contributed by atoms with Crippen molar-refractivity contribution in [3.63, 3.8) is 0 Å². The molecule has 0 bridgehead atoms. The van der Waals surface area contributed by atoms with Crippen molar-refractivity contribution in [2.24, 2.45) is 5.41 Å². The van der Waals surface area contributed by atoms with Gasteiger partial charge in [0.25, 0.3) is 0 Å². The summed E-state index contributed by atoms with van der Waals surface area (Å²) in [6.07, 6.45) is 2.98. The number of amides is 1. The van der Waals surface area contributed by atoms with Gasteiger partial charge in [0.1, 0.15) is 0 Å². The molecule has 1 N–H and O–H groups in total. The lowest BCUT2D eigenvalue weighted by atomic mass is 9.95. The van der Waals surface area contributed by atoms with Crippen LogP contribution in [0.3, 0.4) is 0 Å². The van der Waals surface area contributed by atoms with Crippen LogP contribution in [0, 0.1) is 5.41 Å². The molecule has 2 rings (SSSR count). The molecule has 0 saturated heterocycles. The van der Waals surface area contributed by atoms with E-state index in [9.17, 15) is 9.59 Å². The maximum absolute atomic E-state index is 12.7. The van der Waals surface area contributed by atoms with Gasteiger partial charge >= 0.3 is 0 Å². The zero-order valence-electron chi connectivity index (χ0n) is 12.7. The van der Waals surface area contributed by atoms with Gasteiger partial charge in [-0.1, -0.05) is 44.5 Å². The van der Waals surface area contributed by atoms with E-state index in [1.54, 1.807) is 51.1 Å². The molecule has 1 amide bonds. The molecule has 0 aliphatic carbocycles. The summed E-state index contributed by atoms with van der Waals surface area (Å²) in [5, 5.41) is 3.13. The van der Waals surface area contributed by atoms with Gasteiger partial charge in [0.2, 0.25) is 5.91 Å². The second-order valence-electron chi connectivity index (χ2n) is 5.93. The molecular weight excluding hydrogens is 300 g/mol. The normalized spacial score (nSPS) is 11.1. The molecule has 1 heterocycles. The summed E-state index contributed by atoms with van der Waals surface area (Å²) in [5.41, 5.74) is 0.565. The Bertz CT molecular complexity index is 721. The maximum Gasteiger partial charge on any atom is 0.229 e. The van der Waals surface area contributed by atoms with Crippen LogP contribution in [0.1, 0.15) is 36.7 Å². The molecular formula is C17H17ClN2O2. The Labute approximate surface area is 134 Å². The Morgan fingerprint density at radius 3 is 2.41 bits per heavy atom. The zero-order chi connectivity index (χ0) is 16.3. The van der Waals surface area contributed by atoms with Crippen molar-refractivity contribution >= 4 is 29.0 Å². The molecule has 0 aliphatic heterocycles. The molecule has 0 saturated carbocycles. The predicted octanol–water partition coefficient (Wildman–Crippen LogP) is 3.95. The molecule has 0 atom stereocenters. The Balaban J connectivity index is 2.39. The van der Waals surface area contributed by atoms with E-state index in [2.05, 4.69) is 10.3 Å². The van der Waals surface area contributed by atoms with Gasteiger partial charge in [-0.05, 0) is 18.2 Å². The molecule has 1 aromatic heterocycles. The molecule has 0 radical (unpaired) electrons. The smallest absolute Gasteiger partial charge is 0.229 e. The van der Waals surface area contributed by atoms with Gasteiger partial charge in [-0.25, -0.2) is 0 Å². The van der Waals surface area contributed by atoms with E-state index in [-0.39, 0.29) is 11.7 Å². The van der Waals surface area contributed by atoms with Crippen LogP contribution < -0.4 is 5.32 Å². The summed E-state index contributed by atoms with van der Waals surface area (Å²) in [6, 6.07) is 8.38. The quantitative estimate of drug-likeness (QED) is 0.872. The minimum Gasteiger partial charge on any atom is -0.324 e. The van der Waals surface area contributed by atoms with Gasteiger partial charge in [-0.15, -0.1) is 0 Å². The lowest BCUT2D eigenvalue weighted by molar-refractivity contribution is -0.123. The predicted molar refractivity (Wildman–Crippen MR) is 87.2 cm³/mol. The van der Waals surface area contributed by atoms with Gasteiger partial charge in [0, 0.05) is 22.7 Å². The average molecular weight is 317 g/mol. The topological polar surface area (TPSA) is 59.1 Å². The van der Waals surface area contributed by atoms with Gasteiger partial charge < -0.3 is 5.32 Å². The Morgan fingerprint density at radius 2 is 1.77 bits per heavy atom. The third kappa shape index (κ3) is 3.52. The van der Waals surface area contributed by atoms with Crippen molar-refractivity contribution in [3.8, 4) is 0 Å². The highest BCUT2D eigenvalue weighted by atomic mass is 35.5. The maximum atomic E-state index is 12.7. The Morgan fingerprint density at radius 1 is 1.09 bits per heavy atom. The van der Waals surface area contributed by atoms with Crippen LogP contribution in [0.5, 0.6) is 0 Å². The molecule has 1 aromatic carbocycles. The number of anilines is 1. The van der Waals surface area contributed by atoms with Gasteiger partial charge in [-0.2, -0.15) is 0 Å². The third-order valence-corrected chi connectivity index (χ3v) is 3.44. The van der Waals surface area contributed by atoms with Crippen molar-refractivity contribution < 1.29 is 9.59 Å². The molecule has 4 nitrogen and oxygen atoms in total. The second-order valence-corrected chi connectivity index (χ2v) is 6.34. The van der Waals surface area contributed by atoms with Crippen LogP contribution in [0.25, 0.3) is 0 Å². The van der Waals surface area contributed by atoms with Crippen molar-refractivity contribution in [1.82, 2.24) is 4.98 Å². The number of nitrogens with zero attached hydrogens (tertiary/aromatic N) is 1. The second kappa shape index (κ2) is 6.28. The fraction of sp³-hybridized carbons (Fsp3) is 0.235. The van der Waals surface area contributed by atoms with E-state index >= 15 is 0 Å². The highest BCUT2D eigenvalue weighted by molar-refractivity contribution is 6.35. The van der Waals surface area contributed by atoms with Crippen LogP contribution >= 0.6 is 11.6 Å². The van der Waals surface area contributed by atoms with E-state index in [4.69, 9.17) is 11.6 Å². The standard InChI is InChI=1S/C17H17ClN2O2/c1-17(2,3)16(22)20-14-10-19-9-8-12(14)15(21)11-6-4-5-7-13(11)18/h4-10H,1-3H3,(H,20,22). The molecule has 2 aromatic rings. The lowest BCUT2D eigenvalue weighted by Gasteiger charge is -2.19. The van der Waals surface area contributed by atoms with Gasteiger partial charge in [-0.3, -0.25) is 14.6 Å².